The van der Waals surface area contributed by atoms with Gasteiger partial charge in [-0.05, 0) is 117 Å². The Kier molecular flexibility index (Phi) is 9.05. The molecule has 1 unspecified atom stereocenters. The molecule has 11 rings (SSSR count). The van der Waals surface area contributed by atoms with Crippen LogP contribution in [-0.2, 0) is 0 Å². The summed E-state index contributed by atoms with van der Waals surface area (Å²) in [5.41, 5.74) is 15.4. The predicted octanol–water partition coefficient (Wildman–Crippen LogP) is 15.9. The summed E-state index contributed by atoms with van der Waals surface area (Å²) in [7, 11) is 0. The van der Waals surface area contributed by atoms with Crippen LogP contribution in [0.2, 0.25) is 0 Å². The fourth-order valence-electron chi connectivity index (χ4n) is 9.74. The summed E-state index contributed by atoms with van der Waals surface area (Å²) in [6, 6.07) is 79.4. The minimum atomic E-state index is -0.401. The maximum Gasteiger partial charge on any atom is 0.0648 e. The second-order valence-corrected chi connectivity index (χ2v) is 16.3. The lowest BCUT2D eigenvalue weighted by Gasteiger charge is -2.43. The largest absolute Gasteiger partial charge is 0.332 e. The summed E-state index contributed by atoms with van der Waals surface area (Å²) in [5.74, 6) is 0. The van der Waals surface area contributed by atoms with Crippen LogP contribution in [0.1, 0.15) is 18.9 Å². The minimum absolute atomic E-state index is 0.401. The van der Waals surface area contributed by atoms with E-state index in [4.69, 9.17) is 0 Å². The van der Waals surface area contributed by atoms with Crippen molar-refractivity contribution >= 4 is 49.5 Å². The fourth-order valence-corrected chi connectivity index (χ4v) is 9.74. The first-order chi connectivity index (χ1) is 30.1. The molecular formula is C59H44N2. The molecule has 0 bridgehead atoms. The van der Waals surface area contributed by atoms with Crippen LogP contribution in [0.25, 0.3) is 77.2 Å². The Morgan fingerprint density at radius 1 is 0.426 bits per heavy atom. The van der Waals surface area contributed by atoms with Crippen LogP contribution < -0.4 is 4.90 Å². The molecule has 0 saturated carbocycles. The molecule has 0 saturated heterocycles. The zero-order chi connectivity index (χ0) is 40.8. The van der Waals surface area contributed by atoms with Gasteiger partial charge in [-0.2, -0.15) is 0 Å². The molecule has 1 aliphatic rings. The number of hydrogen-bond acceptors (Lipinski definition) is 1. The number of hydrogen-bond donors (Lipinski definition) is 0. The van der Waals surface area contributed by atoms with E-state index >= 15 is 0 Å². The third-order valence-corrected chi connectivity index (χ3v) is 12.5. The van der Waals surface area contributed by atoms with Crippen molar-refractivity contribution in [3.63, 3.8) is 0 Å². The van der Waals surface area contributed by atoms with Gasteiger partial charge in [0.15, 0.2) is 0 Å². The molecule has 0 N–H and O–H groups in total. The lowest BCUT2D eigenvalue weighted by atomic mass is 9.81. The molecule has 0 radical (unpaired) electrons. The van der Waals surface area contributed by atoms with Crippen LogP contribution in [0.3, 0.4) is 0 Å². The molecule has 0 aliphatic heterocycles. The molecule has 0 amide bonds. The van der Waals surface area contributed by atoms with Crippen LogP contribution >= 0.6 is 0 Å². The van der Waals surface area contributed by atoms with Gasteiger partial charge in [-0.3, -0.25) is 0 Å². The maximum atomic E-state index is 2.54. The lowest BCUT2D eigenvalue weighted by molar-refractivity contribution is 0.578. The highest BCUT2D eigenvalue weighted by molar-refractivity contribution is 6.19. The molecule has 0 spiro atoms. The first kappa shape index (κ1) is 36.4. The Hall–Kier alpha value is -7.68. The van der Waals surface area contributed by atoms with Gasteiger partial charge in [0.2, 0.25) is 0 Å². The molecule has 1 aliphatic carbocycles. The normalized spacial score (nSPS) is 15.0. The number of allylic oxidation sites excluding steroid dienone is 2. The molecule has 2 heteroatoms. The molecule has 290 valence electrons. The van der Waals surface area contributed by atoms with E-state index in [9.17, 15) is 0 Å². The van der Waals surface area contributed by atoms with E-state index in [0.29, 0.717) is 0 Å². The van der Waals surface area contributed by atoms with Crippen molar-refractivity contribution in [3.8, 4) is 39.1 Å². The van der Waals surface area contributed by atoms with Gasteiger partial charge in [-0.1, -0.05) is 188 Å². The molecule has 10 aromatic rings. The van der Waals surface area contributed by atoms with E-state index in [1.54, 1.807) is 0 Å². The lowest BCUT2D eigenvalue weighted by Crippen LogP contribution is -2.42. The van der Waals surface area contributed by atoms with Crippen molar-refractivity contribution in [2.45, 2.75) is 18.9 Å². The number of nitrogens with zero attached hydrogens (tertiary/aromatic N) is 2. The van der Waals surface area contributed by atoms with Gasteiger partial charge in [0, 0.05) is 27.8 Å². The number of rotatable bonds is 8. The average Bonchev–Trinajstić information content (AvgIpc) is 3.68. The van der Waals surface area contributed by atoms with Gasteiger partial charge in [0.05, 0.1) is 16.6 Å². The summed E-state index contributed by atoms with van der Waals surface area (Å²) >= 11 is 0. The Morgan fingerprint density at radius 3 is 1.61 bits per heavy atom. The van der Waals surface area contributed by atoms with Crippen molar-refractivity contribution in [3.05, 3.63) is 242 Å². The zero-order valence-electron chi connectivity index (χ0n) is 34.1. The Morgan fingerprint density at radius 2 is 0.918 bits per heavy atom. The summed E-state index contributed by atoms with van der Waals surface area (Å²) < 4.78 is 2.44. The number of para-hydroxylation sites is 1. The topological polar surface area (TPSA) is 8.17 Å². The summed E-state index contributed by atoms with van der Waals surface area (Å²) in [5, 5.41) is 5.07. The van der Waals surface area contributed by atoms with Gasteiger partial charge in [0.25, 0.3) is 0 Å². The van der Waals surface area contributed by atoms with Crippen molar-refractivity contribution in [1.82, 2.24) is 4.57 Å². The average molecular weight is 781 g/mol. The summed E-state index contributed by atoms with van der Waals surface area (Å²) in [6.45, 7) is 2.39. The van der Waals surface area contributed by atoms with E-state index in [1.165, 1.54) is 77.1 Å². The SMILES string of the molecule is CC1(N(c2ccc(-c3ccccc3)cc2)c2ccc(-c3cccc4ccccc34)cc2)C=CC=C(c2cccc3c2c2c(-c4ccccc4)cccc2n3-c2ccccc2)C1. The highest BCUT2D eigenvalue weighted by Crippen LogP contribution is 2.47. The van der Waals surface area contributed by atoms with Crippen molar-refractivity contribution < 1.29 is 0 Å². The van der Waals surface area contributed by atoms with Crippen LogP contribution in [0.5, 0.6) is 0 Å². The monoisotopic (exact) mass is 780 g/mol. The smallest absolute Gasteiger partial charge is 0.0648 e. The van der Waals surface area contributed by atoms with Crippen LogP contribution in [-0.4, -0.2) is 10.1 Å². The molecule has 0 fully saturated rings. The molecule has 2 nitrogen and oxygen atoms in total. The van der Waals surface area contributed by atoms with Crippen LogP contribution in [0.4, 0.5) is 11.4 Å². The molecule has 61 heavy (non-hydrogen) atoms. The predicted molar refractivity (Wildman–Crippen MR) is 260 cm³/mol. The Labute approximate surface area is 357 Å². The summed E-state index contributed by atoms with van der Waals surface area (Å²) in [6.07, 6.45) is 7.82. The van der Waals surface area contributed by atoms with E-state index in [-0.39, 0.29) is 0 Å². The first-order valence-electron chi connectivity index (χ1n) is 21.2. The zero-order valence-corrected chi connectivity index (χ0v) is 34.1. The molecule has 1 heterocycles. The van der Waals surface area contributed by atoms with Crippen molar-refractivity contribution in [1.29, 1.82) is 0 Å². The van der Waals surface area contributed by atoms with Crippen LogP contribution in [0.15, 0.2) is 237 Å². The molecule has 1 aromatic heterocycles. The second kappa shape index (κ2) is 15.2. The van der Waals surface area contributed by atoms with Gasteiger partial charge in [-0.15, -0.1) is 0 Å². The number of aromatic nitrogens is 1. The highest BCUT2D eigenvalue weighted by atomic mass is 15.2. The van der Waals surface area contributed by atoms with Gasteiger partial charge < -0.3 is 9.47 Å². The molecular weight excluding hydrogens is 737 g/mol. The van der Waals surface area contributed by atoms with E-state index in [0.717, 1.165) is 23.5 Å². The molecule has 9 aromatic carbocycles. The summed E-state index contributed by atoms with van der Waals surface area (Å²) in [4.78, 5) is 2.54. The quantitative estimate of drug-likeness (QED) is 0.149. The van der Waals surface area contributed by atoms with Gasteiger partial charge in [0.1, 0.15) is 0 Å². The van der Waals surface area contributed by atoms with Crippen molar-refractivity contribution in [2.75, 3.05) is 4.90 Å². The van der Waals surface area contributed by atoms with Gasteiger partial charge in [-0.25, -0.2) is 0 Å². The maximum absolute atomic E-state index is 2.54. The van der Waals surface area contributed by atoms with E-state index < -0.39 is 5.54 Å². The number of benzene rings is 9. The Balaban J connectivity index is 1.06. The molecule has 1 atom stereocenters. The fraction of sp³-hybridized carbons (Fsp3) is 0.0508. The number of anilines is 2. The first-order valence-corrected chi connectivity index (χ1v) is 21.2. The minimum Gasteiger partial charge on any atom is -0.332 e. The highest BCUT2D eigenvalue weighted by Gasteiger charge is 2.35. The van der Waals surface area contributed by atoms with E-state index in [1.807, 2.05) is 0 Å². The van der Waals surface area contributed by atoms with E-state index in [2.05, 4.69) is 253 Å². The van der Waals surface area contributed by atoms with Gasteiger partial charge >= 0.3 is 0 Å². The second-order valence-electron chi connectivity index (χ2n) is 16.3. The van der Waals surface area contributed by atoms with Crippen LogP contribution in [0, 0.1) is 0 Å². The third kappa shape index (κ3) is 6.45. The standard InChI is InChI=1S/C59H44N2/c1-59(61(49-36-32-43(33-37-49)42-17-5-2-6-18-42)50-38-34-46(35-39-50)52-27-13-22-44-21-11-12-26-51(44)52)40-16-23-47(41-59)54-29-15-31-56-58(54)57-53(45-19-7-3-8-20-45)28-14-30-55(57)60(56)48-24-9-4-10-25-48/h2-40H,41H2,1H3. The third-order valence-electron chi connectivity index (χ3n) is 12.5. The Bertz CT molecular complexity index is 3240. The number of fused-ring (bicyclic) bond motifs is 4. The van der Waals surface area contributed by atoms with Crippen molar-refractivity contribution in [2.24, 2.45) is 0 Å².